The number of rotatable bonds is 3. The van der Waals surface area contributed by atoms with Crippen molar-refractivity contribution >= 4 is 17.3 Å². The van der Waals surface area contributed by atoms with E-state index in [0.29, 0.717) is 11.6 Å². The van der Waals surface area contributed by atoms with Crippen molar-refractivity contribution in [2.24, 2.45) is 0 Å². The molecule has 20 heavy (non-hydrogen) atoms. The highest BCUT2D eigenvalue weighted by Gasteiger charge is 2.29. The summed E-state index contributed by atoms with van der Waals surface area (Å²) in [7, 11) is 0. The Bertz CT molecular complexity index is 591. The summed E-state index contributed by atoms with van der Waals surface area (Å²) in [4.78, 5) is 0. The molecule has 0 aliphatic heterocycles. The minimum Gasteiger partial charge on any atom is -0.380 e. The maximum Gasteiger partial charge on any atom is 0.416 e. The first-order valence-electron chi connectivity index (χ1n) is 6.02. The summed E-state index contributed by atoms with van der Waals surface area (Å²) >= 11 is 6.07. The van der Waals surface area contributed by atoms with Crippen LogP contribution in [0, 0.1) is 6.92 Å². The van der Waals surface area contributed by atoms with Gasteiger partial charge >= 0.3 is 6.18 Å². The lowest BCUT2D eigenvalue weighted by molar-refractivity contribution is -0.137. The van der Waals surface area contributed by atoms with Gasteiger partial charge in [0.25, 0.3) is 0 Å². The highest BCUT2D eigenvalue weighted by Crippen LogP contribution is 2.29. The molecule has 0 saturated carbocycles. The van der Waals surface area contributed by atoms with Crippen molar-refractivity contribution in [1.29, 1.82) is 0 Å². The Morgan fingerprint density at radius 3 is 2.25 bits per heavy atom. The Kier molecular flexibility index (Phi) is 4.23. The quantitative estimate of drug-likeness (QED) is 0.813. The van der Waals surface area contributed by atoms with Crippen LogP contribution in [0.4, 0.5) is 18.9 Å². The lowest BCUT2D eigenvalue weighted by Crippen LogP contribution is -2.05. The molecule has 0 aliphatic rings. The summed E-state index contributed by atoms with van der Waals surface area (Å²) in [6.45, 7) is 2.35. The van der Waals surface area contributed by atoms with Crippen LogP contribution in [0.1, 0.15) is 16.7 Å². The molecule has 0 heterocycles. The lowest BCUT2D eigenvalue weighted by Gasteiger charge is -2.10. The predicted octanol–water partition coefficient (Wildman–Crippen LogP) is 5.28. The van der Waals surface area contributed by atoms with Crippen LogP contribution in [0.15, 0.2) is 42.5 Å². The first-order chi connectivity index (χ1) is 9.36. The first kappa shape index (κ1) is 14.7. The van der Waals surface area contributed by atoms with Gasteiger partial charge in [0.2, 0.25) is 0 Å². The summed E-state index contributed by atoms with van der Waals surface area (Å²) in [6, 6.07) is 10.7. The molecule has 0 fully saturated rings. The third-order valence-corrected chi connectivity index (χ3v) is 3.20. The van der Waals surface area contributed by atoms with Gasteiger partial charge < -0.3 is 5.32 Å². The van der Waals surface area contributed by atoms with Gasteiger partial charge in [-0.2, -0.15) is 13.2 Å². The summed E-state index contributed by atoms with van der Waals surface area (Å²) in [5, 5.41) is 3.70. The van der Waals surface area contributed by atoms with Crippen molar-refractivity contribution in [3.05, 3.63) is 64.2 Å². The van der Waals surface area contributed by atoms with E-state index in [9.17, 15) is 13.2 Å². The number of alkyl halides is 3. The highest BCUT2D eigenvalue weighted by atomic mass is 35.5. The van der Waals surface area contributed by atoms with Gasteiger partial charge in [-0.3, -0.25) is 0 Å². The van der Waals surface area contributed by atoms with Gasteiger partial charge in [-0.25, -0.2) is 0 Å². The fraction of sp³-hybridized carbons (Fsp3) is 0.200. The number of benzene rings is 2. The van der Waals surface area contributed by atoms with Crippen LogP contribution in [0.25, 0.3) is 0 Å². The molecule has 0 spiro atoms. The fourth-order valence-corrected chi connectivity index (χ4v) is 2.07. The maximum atomic E-state index is 12.4. The van der Waals surface area contributed by atoms with E-state index in [2.05, 4.69) is 5.32 Å². The average molecular weight is 300 g/mol. The van der Waals surface area contributed by atoms with E-state index in [4.69, 9.17) is 11.6 Å². The van der Waals surface area contributed by atoms with Gasteiger partial charge in [-0.15, -0.1) is 0 Å². The molecule has 0 saturated heterocycles. The van der Waals surface area contributed by atoms with Crippen LogP contribution in [-0.4, -0.2) is 0 Å². The average Bonchev–Trinajstić information content (AvgIpc) is 2.37. The number of nitrogens with one attached hydrogen (secondary N) is 1. The van der Waals surface area contributed by atoms with Crippen LogP contribution in [0.5, 0.6) is 0 Å². The molecule has 1 nitrogen and oxygen atoms in total. The Labute approximate surface area is 120 Å². The van der Waals surface area contributed by atoms with Crippen molar-refractivity contribution in [3.8, 4) is 0 Å². The summed E-state index contributed by atoms with van der Waals surface area (Å²) in [5.74, 6) is 0. The molecule has 106 valence electrons. The van der Waals surface area contributed by atoms with Crippen molar-refractivity contribution in [3.63, 3.8) is 0 Å². The summed E-state index contributed by atoms with van der Waals surface area (Å²) in [5.41, 5.74) is 1.93. The summed E-state index contributed by atoms with van der Waals surface area (Å²) in [6.07, 6.45) is -4.30. The van der Waals surface area contributed by atoms with Crippen LogP contribution in [0.2, 0.25) is 5.02 Å². The number of hydrogen-bond donors (Lipinski definition) is 1. The van der Waals surface area contributed by atoms with Crippen LogP contribution in [-0.2, 0) is 12.7 Å². The van der Waals surface area contributed by atoms with Crippen LogP contribution < -0.4 is 5.32 Å². The van der Waals surface area contributed by atoms with E-state index in [1.54, 1.807) is 0 Å². The lowest BCUT2D eigenvalue weighted by atomic mass is 10.1. The molecule has 0 aliphatic carbocycles. The van der Waals surface area contributed by atoms with Crippen molar-refractivity contribution in [1.82, 2.24) is 0 Å². The topological polar surface area (TPSA) is 12.0 Å². The molecule has 2 rings (SSSR count). The van der Waals surface area contributed by atoms with Crippen molar-refractivity contribution in [2.45, 2.75) is 19.6 Å². The molecule has 0 amide bonds. The fourth-order valence-electron chi connectivity index (χ4n) is 1.77. The van der Waals surface area contributed by atoms with Gasteiger partial charge in [0.05, 0.1) is 16.3 Å². The Morgan fingerprint density at radius 1 is 1.05 bits per heavy atom. The molecule has 2 aromatic rings. The van der Waals surface area contributed by atoms with Gasteiger partial charge in [-0.1, -0.05) is 29.8 Å². The van der Waals surface area contributed by atoms with Crippen LogP contribution in [0.3, 0.4) is 0 Å². The van der Waals surface area contributed by atoms with Gasteiger partial charge in [0, 0.05) is 6.54 Å². The molecule has 2 aromatic carbocycles. The minimum absolute atomic E-state index is 0.418. The number of halogens is 4. The van der Waals surface area contributed by atoms with Crippen molar-refractivity contribution < 1.29 is 13.2 Å². The third kappa shape index (κ3) is 3.67. The molecular weight excluding hydrogens is 287 g/mol. The van der Waals surface area contributed by atoms with E-state index in [0.717, 1.165) is 28.9 Å². The van der Waals surface area contributed by atoms with E-state index in [-0.39, 0.29) is 0 Å². The summed E-state index contributed by atoms with van der Waals surface area (Å²) < 4.78 is 37.3. The molecule has 5 heteroatoms. The SMILES string of the molecule is Cc1ccc(NCc2ccc(C(F)(F)F)cc2)c(Cl)c1. The van der Waals surface area contributed by atoms with E-state index < -0.39 is 11.7 Å². The first-order valence-corrected chi connectivity index (χ1v) is 6.40. The maximum absolute atomic E-state index is 12.4. The second-order valence-corrected chi connectivity index (χ2v) is 4.94. The molecule has 0 bridgehead atoms. The molecule has 0 radical (unpaired) electrons. The zero-order valence-electron chi connectivity index (χ0n) is 10.8. The number of aryl methyl sites for hydroxylation is 1. The normalized spacial score (nSPS) is 11.4. The van der Waals surface area contributed by atoms with E-state index in [1.165, 1.54) is 12.1 Å². The zero-order chi connectivity index (χ0) is 14.8. The van der Waals surface area contributed by atoms with E-state index in [1.807, 2.05) is 25.1 Å². The molecule has 1 N–H and O–H groups in total. The van der Waals surface area contributed by atoms with Gasteiger partial charge in [-0.05, 0) is 42.3 Å². The second kappa shape index (κ2) is 5.75. The monoisotopic (exact) mass is 299 g/mol. The van der Waals surface area contributed by atoms with Crippen molar-refractivity contribution in [2.75, 3.05) is 5.32 Å². The number of anilines is 1. The van der Waals surface area contributed by atoms with Gasteiger partial charge in [0.15, 0.2) is 0 Å². The van der Waals surface area contributed by atoms with E-state index >= 15 is 0 Å². The molecule has 0 atom stereocenters. The van der Waals surface area contributed by atoms with Gasteiger partial charge in [0.1, 0.15) is 0 Å². The molecule has 0 aromatic heterocycles. The Balaban J connectivity index is 2.04. The smallest absolute Gasteiger partial charge is 0.380 e. The largest absolute Gasteiger partial charge is 0.416 e. The second-order valence-electron chi connectivity index (χ2n) is 4.53. The Morgan fingerprint density at radius 2 is 1.70 bits per heavy atom. The van der Waals surface area contributed by atoms with Crippen LogP contribution >= 0.6 is 11.6 Å². The third-order valence-electron chi connectivity index (χ3n) is 2.89. The number of hydrogen-bond acceptors (Lipinski definition) is 1. The zero-order valence-corrected chi connectivity index (χ0v) is 11.5. The predicted molar refractivity (Wildman–Crippen MR) is 75.0 cm³/mol. The standard InChI is InChI=1S/C15H13ClF3N/c1-10-2-7-14(13(16)8-10)20-9-11-3-5-12(6-4-11)15(17,18)19/h2-8,20H,9H2,1H3. The minimum atomic E-state index is -4.30. The molecular formula is C15H13ClF3N. The highest BCUT2D eigenvalue weighted by molar-refractivity contribution is 6.33. The molecule has 0 unspecified atom stereocenters. The Hall–Kier alpha value is -1.68.